The summed E-state index contributed by atoms with van der Waals surface area (Å²) in [6.45, 7) is 1.99. The Labute approximate surface area is 81.4 Å². The average Bonchev–Trinajstić information content (AvgIpc) is 2.08. The van der Waals surface area contributed by atoms with Crippen LogP contribution < -0.4 is 0 Å². The molecule has 0 atom stereocenters. The first-order valence-electron chi connectivity index (χ1n) is 4.04. The van der Waals surface area contributed by atoms with Crippen LogP contribution >= 0.6 is 11.6 Å². The molecule has 0 aromatic carbocycles. The summed E-state index contributed by atoms with van der Waals surface area (Å²) < 4.78 is 0. The summed E-state index contributed by atoms with van der Waals surface area (Å²) in [5.74, 6) is -1.02. The Kier molecular flexibility index (Phi) is 3.25. The summed E-state index contributed by atoms with van der Waals surface area (Å²) in [5, 5.41) is 9.02. The standard InChI is InChI=1S/C9H10ClNO2/c1-2-3-6-4-5-7(10)11-8(6)9(12)13/h4-5H,2-3H2,1H3,(H,12,13). The molecule has 1 aromatic heterocycles. The minimum absolute atomic E-state index is 0.0642. The lowest BCUT2D eigenvalue weighted by atomic mass is 10.1. The van der Waals surface area contributed by atoms with Gasteiger partial charge in [-0.25, -0.2) is 9.78 Å². The highest BCUT2D eigenvalue weighted by atomic mass is 35.5. The first kappa shape index (κ1) is 9.99. The van der Waals surface area contributed by atoms with Crippen molar-refractivity contribution in [3.8, 4) is 0 Å². The molecule has 0 aliphatic rings. The molecule has 0 unspecified atom stereocenters. The summed E-state index contributed by atoms with van der Waals surface area (Å²) in [4.78, 5) is 14.5. The van der Waals surface area contributed by atoms with Crippen molar-refractivity contribution in [3.63, 3.8) is 0 Å². The Balaban J connectivity index is 3.10. The van der Waals surface area contributed by atoms with Gasteiger partial charge in [0.2, 0.25) is 0 Å². The molecule has 0 radical (unpaired) electrons. The van der Waals surface area contributed by atoms with Crippen molar-refractivity contribution in [2.75, 3.05) is 0 Å². The minimum atomic E-state index is -1.02. The Morgan fingerprint density at radius 3 is 2.85 bits per heavy atom. The van der Waals surface area contributed by atoms with E-state index in [9.17, 15) is 4.79 Å². The lowest BCUT2D eigenvalue weighted by molar-refractivity contribution is 0.0689. The van der Waals surface area contributed by atoms with Gasteiger partial charge in [-0.05, 0) is 18.1 Å². The number of aryl methyl sites for hydroxylation is 1. The van der Waals surface area contributed by atoms with Crippen molar-refractivity contribution in [2.45, 2.75) is 19.8 Å². The van der Waals surface area contributed by atoms with Crippen LogP contribution in [-0.4, -0.2) is 16.1 Å². The van der Waals surface area contributed by atoms with Crippen LogP contribution in [0.3, 0.4) is 0 Å². The highest BCUT2D eigenvalue weighted by molar-refractivity contribution is 6.29. The average molecular weight is 200 g/mol. The number of carbonyl (C=O) groups is 1. The van der Waals surface area contributed by atoms with Crippen molar-refractivity contribution in [1.82, 2.24) is 4.98 Å². The smallest absolute Gasteiger partial charge is 0.354 e. The second kappa shape index (κ2) is 4.23. The summed E-state index contributed by atoms with van der Waals surface area (Å²) in [6.07, 6.45) is 1.61. The zero-order chi connectivity index (χ0) is 9.84. The molecule has 0 bridgehead atoms. The molecule has 70 valence electrons. The third-order valence-electron chi connectivity index (χ3n) is 1.67. The number of carboxylic acid groups (broad SMARTS) is 1. The second-order valence-electron chi connectivity index (χ2n) is 2.70. The lowest BCUT2D eigenvalue weighted by Gasteiger charge is -2.03. The van der Waals surface area contributed by atoms with E-state index in [2.05, 4.69) is 4.98 Å². The molecule has 0 aliphatic heterocycles. The van der Waals surface area contributed by atoms with Crippen LogP contribution in [-0.2, 0) is 6.42 Å². The molecule has 13 heavy (non-hydrogen) atoms. The van der Waals surface area contributed by atoms with E-state index in [1.54, 1.807) is 12.1 Å². The molecule has 1 heterocycles. The summed E-state index contributed by atoms with van der Waals surface area (Å²) in [5.41, 5.74) is 0.800. The summed E-state index contributed by atoms with van der Waals surface area (Å²) in [6, 6.07) is 3.32. The van der Waals surface area contributed by atoms with Crippen LogP contribution in [0.1, 0.15) is 29.4 Å². The van der Waals surface area contributed by atoms with Crippen LogP contribution in [0.25, 0.3) is 0 Å². The second-order valence-corrected chi connectivity index (χ2v) is 3.08. The number of hydrogen-bond acceptors (Lipinski definition) is 2. The maximum absolute atomic E-state index is 10.7. The van der Waals surface area contributed by atoms with Crippen LogP contribution in [0.5, 0.6) is 0 Å². The molecule has 0 fully saturated rings. The van der Waals surface area contributed by atoms with E-state index in [4.69, 9.17) is 16.7 Å². The van der Waals surface area contributed by atoms with E-state index < -0.39 is 5.97 Å². The highest BCUT2D eigenvalue weighted by Crippen LogP contribution is 2.13. The SMILES string of the molecule is CCCc1ccc(Cl)nc1C(=O)O. The Morgan fingerprint density at radius 2 is 2.31 bits per heavy atom. The number of hydrogen-bond donors (Lipinski definition) is 1. The van der Waals surface area contributed by atoms with Crippen LogP contribution in [0.15, 0.2) is 12.1 Å². The minimum Gasteiger partial charge on any atom is -0.477 e. The van der Waals surface area contributed by atoms with Gasteiger partial charge in [0.05, 0.1) is 0 Å². The molecule has 0 aliphatic carbocycles. The maximum atomic E-state index is 10.7. The quantitative estimate of drug-likeness (QED) is 0.761. The first-order chi connectivity index (χ1) is 6.15. The van der Waals surface area contributed by atoms with E-state index in [0.717, 1.165) is 12.0 Å². The van der Waals surface area contributed by atoms with Gasteiger partial charge in [-0.1, -0.05) is 31.0 Å². The predicted octanol–water partition coefficient (Wildman–Crippen LogP) is 2.39. The molecular formula is C9H10ClNO2. The molecule has 3 nitrogen and oxygen atoms in total. The van der Waals surface area contributed by atoms with Crippen LogP contribution in [0, 0.1) is 0 Å². The molecule has 0 amide bonds. The Bertz CT molecular complexity index is 325. The van der Waals surface area contributed by atoms with Gasteiger partial charge in [0.25, 0.3) is 0 Å². The normalized spacial score (nSPS) is 10.0. The zero-order valence-corrected chi connectivity index (χ0v) is 8.01. The van der Waals surface area contributed by atoms with Crippen molar-refractivity contribution in [3.05, 3.63) is 28.5 Å². The van der Waals surface area contributed by atoms with Crippen LogP contribution in [0.4, 0.5) is 0 Å². The zero-order valence-electron chi connectivity index (χ0n) is 7.25. The molecule has 0 saturated heterocycles. The molecule has 1 rings (SSSR count). The van der Waals surface area contributed by atoms with Gasteiger partial charge in [0, 0.05) is 0 Å². The fourth-order valence-electron chi connectivity index (χ4n) is 1.12. The van der Waals surface area contributed by atoms with Gasteiger partial charge in [0.15, 0.2) is 5.69 Å². The third kappa shape index (κ3) is 2.42. The Morgan fingerprint density at radius 1 is 1.62 bits per heavy atom. The fraction of sp³-hybridized carbons (Fsp3) is 0.333. The molecule has 0 saturated carbocycles. The Hall–Kier alpha value is -1.09. The van der Waals surface area contributed by atoms with Crippen molar-refractivity contribution in [1.29, 1.82) is 0 Å². The maximum Gasteiger partial charge on any atom is 0.354 e. The van der Waals surface area contributed by atoms with E-state index in [1.165, 1.54) is 0 Å². The lowest BCUT2D eigenvalue weighted by Crippen LogP contribution is -2.05. The largest absolute Gasteiger partial charge is 0.477 e. The third-order valence-corrected chi connectivity index (χ3v) is 1.88. The first-order valence-corrected chi connectivity index (χ1v) is 4.41. The van der Waals surface area contributed by atoms with E-state index in [0.29, 0.717) is 6.42 Å². The number of halogens is 1. The molecular weight excluding hydrogens is 190 g/mol. The number of carboxylic acids is 1. The molecule has 1 N–H and O–H groups in total. The summed E-state index contributed by atoms with van der Waals surface area (Å²) >= 11 is 5.59. The van der Waals surface area contributed by atoms with Crippen molar-refractivity contribution in [2.24, 2.45) is 0 Å². The molecule has 4 heteroatoms. The van der Waals surface area contributed by atoms with Crippen LogP contribution in [0.2, 0.25) is 5.15 Å². The van der Waals surface area contributed by atoms with Gasteiger partial charge >= 0.3 is 5.97 Å². The fourth-order valence-corrected chi connectivity index (χ4v) is 1.27. The molecule has 1 aromatic rings. The topological polar surface area (TPSA) is 50.2 Å². The van der Waals surface area contributed by atoms with Gasteiger partial charge < -0.3 is 5.11 Å². The highest BCUT2D eigenvalue weighted by Gasteiger charge is 2.11. The van der Waals surface area contributed by atoms with Gasteiger partial charge in [-0.3, -0.25) is 0 Å². The van der Waals surface area contributed by atoms with Gasteiger partial charge in [0.1, 0.15) is 5.15 Å². The van der Waals surface area contributed by atoms with E-state index in [1.807, 2.05) is 6.92 Å². The number of nitrogens with zero attached hydrogens (tertiary/aromatic N) is 1. The van der Waals surface area contributed by atoms with Gasteiger partial charge in [-0.15, -0.1) is 0 Å². The van der Waals surface area contributed by atoms with E-state index >= 15 is 0 Å². The number of pyridine rings is 1. The van der Waals surface area contributed by atoms with Gasteiger partial charge in [-0.2, -0.15) is 0 Å². The van der Waals surface area contributed by atoms with Crippen molar-refractivity contribution < 1.29 is 9.90 Å². The van der Waals surface area contributed by atoms with Crippen molar-refractivity contribution >= 4 is 17.6 Å². The monoisotopic (exact) mass is 199 g/mol. The number of rotatable bonds is 3. The predicted molar refractivity (Wildman–Crippen MR) is 50.2 cm³/mol. The molecule has 0 spiro atoms. The number of aromatic nitrogens is 1. The van der Waals surface area contributed by atoms with E-state index in [-0.39, 0.29) is 10.8 Å². The summed E-state index contributed by atoms with van der Waals surface area (Å²) in [7, 11) is 0. The number of aromatic carboxylic acids is 1.